The van der Waals surface area contributed by atoms with Crippen molar-refractivity contribution in [3.05, 3.63) is 58.9 Å². The normalized spacial score (nSPS) is 24.2. The number of amidine groups is 1. The summed E-state index contributed by atoms with van der Waals surface area (Å²) in [5.74, 6) is 0.427. The number of phenols is 1. The van der Waals surface area contributed by atoms with Crippen molar-refractivity contribution in [1.29, 1.82) is 0 Å². The third kappa shape index (κ3) is 3.73. The second-order valence-electron chi connectivity index (χ2n) is 10.6. The van der Waals surface area contributed by atoms with Crippen LogP contribution in [0.25, 0.3) is 0 Å². The fraction of sp³-hybridized carbons (Fsp3) is 0.520. The van der Waals surface area contributed by atoms with Crippen molar-refractivity contribution >= 4 is 16.9 Å². The molecule has 0 aliphatic carbocycles. The average molecular weight is 424 g/mol. The van der Waals surface area contributed by atoms with Crippen molar-refractivity contribution in [2.75, 3.05) is 6.54 Å². The predicted molar refractivity (Wildman–Crippen MR) is 126 cm³/mol. The highest BCUT2D eigenvalue weighted by Crippen LogP contribution is 2.50. The lowest BCUT2D eigenvalue weighted by molar-refractivity contribution is 0.319. The number of hydrogen-bond acceptors (Lipinski definition) is 5. The van der Waals surface area contributed by atoms with E-state index >= 15 is 0 Å². The molecule has 0 unspecified atom stereocenters. The molecule has 1 aromatic heterocycles. The molecule has 3 atom stereocenters. The number of aromatic nitrogens is 1. The van der Waals surface area contributed by atoms with Gasteiger partial charge in [0.15, 0.2) is 5.17 Å². The fourth-order valence-corrected chi connectivity index (χ4v) is 5.54. The zero-order chi connectivity index (χ0) is 21.8. The predicted octanol–water partition coefficient (Wildman–Crippen LogP) is 5.97. The molecule has 0 saturated carbocycles. The van der Waals surface area contributed by atoms with Crippen LogP contribution < -0.4 is 0 Å². The summed E-state index contributed by atoms with van der Waals surface area (Å²) in [7, 11) is 0. The molecule has 160 valence electrons. The lowest BCUT2D eigenvalue weighted by atomic mass is 9.77. The number of nitrogens with zero attached hydrogens (tertiary/aromatic N) is 3. The van der Waals surface area contributed by atoms with E-state index in [1.807, 2.05) is 30.1 Å². The molecule has 1 aromatic carbocycles. The fourth-order valence-electron chi connectivity index (χ4n) is 4.45. The summed E-state index contributed by atoms with van der Waals surface area (Å²) in [6, 6.07) is 10.5. The van der Waals surface area contributed by atoms with Gasteiger partial charge in [0.25, 0.3) is 0 Å². The number of thioether (sulfide) groups is 1. The van der Waals surface area contributed by atoms with E-state index in [1.165, 1.54) is 5.56 Å². The molecule has 0 spiro atoms. The van der Waals surface area contributed by atoms with Gasteiger partial charge in [-0.1, -0.05) is 66.3 Å². The van der Waals surface area contributed by atoms with E-state index in [2.05, 4.69) is 76.5 Å². The Balaban J connectivity index is 1.90. The van der Waals surface area contributed by atoms with E-state index in [0.717, 1.165) is 28.5 Å². The van der Waals surface area contributed by atoms with Crippen molar-refractivity contribution in [2.45, 2.75) is 76.6 Å². The SMILES string of the molecule is C[C@H]1CN2C(=N[C@@H](c3ccccn3)[C@@H]2c2cc(C(C)(C)C)c(O)c(C(C)(C)C)c2)S1. The Bertz CT molecular complexity index is 937. The molecule has 1 fully saturated rings. The van der Waals surface area contributed by atoms with Crippen LogP contribution >= 0.6 is 11.8 Å². The maximum Gasteiger partial charge on any atom is 0.160 e. The largest absolute Gasteiger partial charge is 0.507 e. The highest BCUT2D eigenvalue weighted by molar-refractivity contribution is 8.14. The lowest BCUT2D eigenvalue weighted by Crippen LogP contribution is -2.29. The minimum atomic E-state index is -0.157. The van der Waals surface area contributed by atoms with Crippen LogP contribution in [0.5, 0.6) is 5.75 Å². The number of aromatic hydroxyl groups is 1. The number of rotatable bonds is 2. The molecular formula is C25H33N3OS. The molecule has 3 heterocycles. The van der Waals surface area contributed by atoms with Crippen molar-refractivity contribution < 1.29 is 5.11 Å². The maximum atomic E-state index is 11.2. The van der Waals surface area contributed by atoms with Gasteiger partial charge in [-0.3, -0.25) is 9.98 Å². The van der Waals surface area contributed by atoms with Gasteiger partial charge in [-0.2, -0.15) is 0 Å². The van der Waals surface area contributed by atoms with E-state index in [9.17, 15) is 5.11 Å². The Morgan fingerprint density at radius 3 is 2.20 bits per heavy atom. The van der Waals surface area contributed by atoms with E-state index < -0.39 is 0 Å². The molecule has 2 aliphatic rings. The van der Waals surface area contributed by atoms with Gasteiger partial charge in [-0.05, 0) is 51.8 Å². The molecule has 2 aromatic rings. The zero-order valence-corrected chi connectivity index (χ0v) is 19.9. The van der Waals surface area contributed by atoms with Gasteiger partial charge in [0, 0.05) is 18.0 Å². The highest BCUT2D eigenvalue weighted by atomic mass is 32.2. The first-order valence-electron chi connectivity index (χ1n) is 10.8. The molecule has 1 N–H and O–H groups in total. The second kappa shape index (κ2) is 7.30. The number of pyridine rings is 1. The van der Waals surface area contributed by atoms with Crippen LogP contribution in [0.3, 0.4) is 0 Å². The van der Waals surface area contributed by atoms with Crippen molar-refractivity contribution in [3.63, 3.8) is 0 Å². The number of phenolic OH excluding ortho intramolecular Hbond substituents is 1. The number of benzene rings is 1. The summed E-state index contributed by atoms with van der Waals surface area (Å²) in [5.41, 5.74) is 3.90. The van der Waals surface area contributed by atoms with Crippen LogP contribution in [0.4, 0.5) is 0 Å². The van der Waals surface area contributed by atoms with E-state index in [4.69, 9.17) is 4.99 Å². The summed E-state index contributed by atoms with van der Waals surface area (Å²) >= 11 is 1.85. The van der Waals surface area contributed by atoms with Gasteiger partial charge in [-0.25, -0.2) is 0 Å². The Morgan fingerprint density at radius 1 is 1.03 bits per heavy atom. The molecule has 4 rings (SSSR count). The molecule has 30 heavy (non-hydrogen) atoms. The summed E-state index contributed by atoms with van der Waals surface area (Å²) < 4.78 is 0. The third-order valence-electron chi connectivity index (χ3n) is 5.97. The summed E-state index contributed by atoms with van der Waals surface area (Å²) in [6.45, 7) is 16.2. The molecule has 5 heteroatoms. The third-order valence-corrected chi connectivity index (χ3v) is 7.07. The molecule has 1 saturated heterocycles. The number of fused-ring (bicyclic) bond motifs is 1. The first kappa shape index (κ1) is 21.2. The van der Waals surface area contributed by atoms with E-state index in [1.54, 1.807) is 0 Å². The smallest absolute Gasteiger partial charge is 0.160 e. The Morgan fingerprint density at radius 2 is 1.67 bits per heavy atom. The van der Waals surface area contributed by atoms with Crippen LogP contribution in [-0.2, 0) is 10.8 Å². The molecule has 0 amide bonds. The summed E-state index contributed by atoms with van der Waals surface area (Å²) in [5, 5.41) is 12.8. The first-order valence-corrected chi connectivity index (χ1v) is 11.6. The molecule has 0 bridgehead atoms. The van der Waals surface area contributed by atoms with Gasteiger partial charge < -0.3 is 10.0 Å². The lowest BCUT2D eigenvalue weighted by Gasteiger charge is -2.32. The van der Waals surface area contributed by atoms with Crippen LogP contribution in [0.1, 0.15) is 82.9 Å². The van der Waals surface area contributed by atoms with Gasteiger partial charge in [-0.15, -0.1) is 0 Å². The standard InChI is InChI=1S/C25H33N3OS/c1-15-14-28-21(20(27-23(28)30-15)19-10-8-9-11-26-19)16-12-17(24(2,3)4)22(29)18(13-16)25(5,6)7/h8-13,15,20-21,29H,14H2,1-7H3/t15-,20-,21-/m0/s1. The van der Waals surface area contributed by atoms with Crippen LogP contribution in [0.2, 0.25) is 0 Å². The van der Waals surface area contributed by atoms with Crippen LogP contribution in [0.15, 0.2) is 41.5 Å². The van der Waals surface area contributed by atoms with Crippen molar-refractivity contribution in [2.24, 2.45) is 4.99 Å². The molecule has 4 nitrogen and oxygen atoms in total. The number of aliphatic imine (C=N–C) groups is 1. The zero-order valence-electron chi connectivity index (χ0n) is 19.1. The quantitative estimate of drug-likeness (QED) is 0.646. The maximum absolute atomic E-state index is 11.2. The van der Waals surface area contributed by atoms with E-state index in [0.29, 0.717) is 11.0 Å². The molecular weight excluding hydrogens is 390 g/mol. The Kier molecular flexibility index (Phi) is 5.16. The van der Waals surface area contributed by atoms with Gasteiger partial charge >= 0.3 is 0 Å². The first-order chi connectivity index (χ1) is 14.0. The van der Waals surface area contributed by atoms with Gasteiger partial charge in [0.2, 0.25) is 0 Å². The summed E-state index contributed by atoms with van der Waals surface area (Å²) in [4.78, 5) is 12.2. The topological polar surface area (TPSA) is 48.7 Å². The van der Waals surface area contributed by atoms with E-state index in [-0.39, 0.29) is 22.9 Å². The van der Waals surface area contributed by atoms with Gasteiger partial charge in [0.05, 0.1) is 11.7 Å². The minimum Gasteiger partial charge on any atom is -0.507 e. The van der Waals surface area contributed by atoms with Gasteiger partial charge in [0.1, 0.15) is 11.8 Å². The monoisotopic (exact) mass is 423 g/mol. The van der Waals surface area contributed by atoms with Crippen LogP contribution in [0, 0.1) is 0 Å². The Labute approximate surface area is 184 Å². The average Bonchev–Trinajstić information content (AvgIpc) is 3.16. The molecule has 0 radical (unpaired) electrons. The minimum absolute atomic E-state index is 0.0358. The van der Waals surface area contributed by atoms with Crippen molar-refractivity contribution in [1.82, 2.24) is 9.88 Å². The molecule has 2 aliphatic heterocycles. The second-order valence-corrected chi connectivity index (χ2v) is 12.0. The summed E-state index contributed by atoms with van der Waals surface area (Å²) in [6.07, 6.45) is 1.85. The van der Waals surface area contributed by atoms with Crippen LogP contribution in [-0.4, -0.2) is 32.0 Å². The Hall–Kier alpha value is -2.01. The highest BCUT2D eigenvalue weighted by Gasteiger charge is 2.44. The number of hydrogen-bond donors (Lipinski definition) is 1. The van der Waals surface area contributed by atoms with Crippen molar-refractivity contribution in [3.8, 4) is 5.75 Å².